The maximum Gasteiger partial charge on any atom is 0.256 e. The van der Waals surface area contributed by atoms with Crippen molar-refractivity contribution in [2.75, 3.05) is 39.7 Å². The first-order valence-corrected chi connectivity index (χ1v) is 7.21. The van der Waals surface area contributed by atoms with E-state index in [0.29, 0.717) is 22.7 Å². The van der Waals surface area contributed by atoms with E-state index in [9.17, 15) is 4.79 Å². The number of carbonyl (C=O) groups excluding carboxylic acids is 1. The SMILES string of the molecule is CN(C)CC1CCCN1C(=O)c1cc2c(cc1N)OCO2. The quantitative estimate of drug-likeness (QED) is 0.847. The highest BCUT2D eigenvalue weighted by molar-refractivity contribution is 6.00. The van der Waals surface area contributed by atoms with Gasteiger partial charge in [0.05, 0.1) is 5.56 Å². The summed E-state index contributed by atoms with van der Waals surface area (Å²) in [6.07, 6.45) is 2.07. The van der Waals surface area contributed by atoms with Crippen molar-refractivity contribution in [2.24, 2.45) is 0 Å². The number of likely N-dealkylation sites (N-methyl/N-ethyl adjacent to an activating group) is 1. The van der Waals surface area contributed by atoms with Crippen LogP contribution in [0.3, 0.4) is 0 Å². The fourth-order valence-corrected chi connectivity index (χ4v) is 3.01. The van der Waals surface area contributed by atoms with Crippen molar-refractivity contribution in [1.82, 2.24) is 9.80 Å². The van der Waals surface area contributed by atoms with Gasteiger partial charge in [-0.25, -0.2) is 0 Å². The molecular formula is C15H21N3O3. The van der Waals surface area contributed by atoms with Gasteiger partial charge in [0.1, 0.15) is 0 Å². The molecule has 6 nitrogen and oxygen atoms in total. The molecule has 114 valence electrons. The molecule has 0 aliphatic carbocycles. The molecule has 2 aliphatic heterocycles. The van der Waals surface area contributed by atoms with Crippen LogP contribution in [0.2, 0.25) is 0 Å². The molecule has 0 aromatic heterocycles. The van der Waals surface area contributed by atoms with Crippen LogP contribution in [-0.2, 0) is 0 Å². The van der Waals surface area contributed by atoms with E-state index in [-0.39, 0.29) is 18.7 Å². The van der Waals surface area contributed by atoms with E-state index in [1.807, 2.05) is 19.0 Å². The van der Waals surface area contributed by atoms with Crippen LogP contribution in [0.15, 0.2) is 12.1 Å². The lowest BCUT2D eigenvalue weighted by molar-refractivity contribution is 0.0717. The van der Waals surface area contributed by atoms with Crippen LogP contribution >= 0.6 is 0 Å². The van der Waals surface area contributed by atoms with Gasteiger partial charge in [0, 0.05) is 30.9 Å². The summed E-state index contributed by atoms with van der Waals surface area (Å²) in [7, 11) is 4.05. The molecule has 1 saturated heterocycles. The summed E-state index contributed by atoms with van der Waals surface area (Å²) in [5.74, 6) is 1.18. The number of benzene rings is 1. The number of rotatable bonds is 3. The topological polar surface area (TPSA) is 68.0 Å². The van der Waals surface area contributed by atoms with E-state index in [2.05, 4.69) is 4.90 Å². The number of amides is 1. The highest BCUT2D eigenvalue weighted by Crippen LogP contribution is 2.37. The molecule has 1 aromatic carbocycles. The molecule has 0 saturated carbocycles. The number of likely N-dealkylation sites (tertiary alicyclic amines) is 1. The van der Waals surface area contributed by atoms with E-state index in [4.69, 9.17) is 15.2 Å². The maximum atomic E-state index is 12.8. The largest absolute Gasteiger partial charge is 0.454 e. The number of hydrogen-bond donors (Lipinski definition) is 1. The number of ether oxygens (including phenoxy) is 2. The zero-order valence-corrected chi connectivity index (χ0v) is 12.5. The Hall–Kier alpha value is -1.95. The lowest BCUT2D eigenvalue weighted by atomic mass is 10.1. The average molecular weight is 291 g/mol. The van der Waals surface area contributed by atoms with Gasteiger partial charge in [-0.1, -0.05) is 0 Å². The van der Waals surface area contributed by atoms with Gasteiger partial charge in [-0.2, -0.15) is 0 Å². The molecule has 2 aliphatic rings. The summed E-state index contributed by atoms with van der Waals surface area (Å²) in [5.41, 5.74) is 6.96. The zero-order chi connectivity index (χ0) is 15.0. The molecule has 6 heteroatoms. The molecule has 1 fully saturated rings. The van der Waals surface area contributed by atoms with E-state index in [0.717, 1.165) is 25.9 Å². The minimum absolute atomic E-state index is 0.0184. The Morgan fingerprint density at radius 2 is 2.10 bits per heavy atom. The van der Waals surface area contributed by atoms with Gasteiger partial charge in [-0.05, 0) is 33.0 Å². The average Bonchev–Trinajstić information content (AvgIpc) is 3.04. The first-order valence-electron chi connectivity index (χ1n) is 7.21. The van der Waals surface area contributed by atoms with Crippen molar-refractivity contribution in [3.8, 4) is 11.5 Å². The van der Waals surface area contributed by atoms with Gasteiger partial charge < -0.3 is 25.0 Å². The van der Waals surface area contributed by atoms with Gasteiger partial charge >= 0.3 is 0 Å². The van der Waals surface area contributed by atoms with Crippen molar-refractivity contribution < 1.29 is 14.3 Å². The minimum atomic E-state index is -0.0184. The van der Waals surface area contributed by atoms with Crippen molar-refractivity contribution >= 4 is 11.6 Å². The first-order chi connectivity index (χ1) is 10.1. The molecule has 0 radical (unpaired) electrons. The Morgan fingerprint density at radius 1 is 1.38 bits per heavy atom. The second-order valence-electron chi connectivity index (χ2n) is 5.85. The third kappa shape index (κ3) is 2.63. The molecule has 0 spiro atoms. The Bertz CT molecular complexity index is 559. The fraction of sp³-hybridized carbons (Fsp3) is 0.533. The summed E-state index contributed by atoms with van der Waals surface area (Å²) in [5, 5.41) is 0. The first kappa shape index (κ1) is 14.0. The summed E-state index contributed by atoms with van der Waals surface area (Å²) in [6.45, 7) is 1.83. The summed E-state index contributed by atoms with van der Waals surface area (Å²) in [6, 6.07) is 3.62. The highest BCUT2D eigenvalue weighted by atomic mass is 16.7. The molecule has 1 atom stereocenters. The number of hydrogen-bond acceptors (Lipinski definition) is 5. The number of fused-ring (bicyclic) bond motifs is 1. The number of nitrogens with two attached hydrogens (primary N) is 1. The second kappa shape index (κ2) is 5.44. The normalized spacial score (nSPS) is 20.3. The van der Waals surface area contributed by atoms with Crippen molar-refractivity contribution in [2.45, 2.75) is 18.9 Å². The van der Waals surface area contributed by atoms with Gasteiger partial charge in [0.15, 0.2) is 11.5 Å². The lowest BCUT2D eigenvalue weighted by Gasteiger charge is -2.27. The van der Waals surface area contributed by atoms with Gasteiger partial charge in [0.25, 0.3) is 5.91 Å². The van der Waals surface area contributed by atoms with E-state index in [1.54, 1.807) is 12.1 Å². The molecule has 2 heterocycles. The molecule has 21 heavy (non-hydrogen) atoms. The summed E-state index contributed by atoms with van der Waals surface area (Å²) >= 11 is 0. The predicted octanol–water partition coefficient (Wildman–Crippen LogP) is 1.16. The molecule has 0 bridgehead atoms. The third-order valence-electron chi connectivity index (χ3n) is 3.99. The highest BCUT2D eigenvalue weighted by Gasteiger charge is 2.31. The van der Waals surface area contributed by atoms with Crippen LogP contribution in [0.5, 0.6) is 11.5 Å². The van der Waals surface area contributed by atoms with Crippen LogP contribution < -0.4 is 15.2 Å². The van der Waals surface area contributed by atoms with E-state index >= 15 is 0 Å². The molecule has 2 N–H and O–H groups in total. The molecular weight excluding hydrogens is 270 g/mol. The summed E-state index contributed by atoms with van der Waals surface area (Å²) < 4.78 is 10.6. The van der Waals surface area contributed by atoms with Gasteiger partial charge in [-0.3, -0.25) is 4.79 Å². The Kier molecular flexibility index (Phi) is 3.63. The summed E-state index contributed by atoms with van der Waals surface area (Å²) in [4.78, 5) is 16.8. The zero-order valence-electron chi connectivity index (χ0n) is 12.5. The Morgan fingerprint density at radius 3 is 2.81 bits per heavy atom. The molecule has 1 aromatic rings. The van der Waals surface area contributed by atoms with Crippen LogP contribution in [0.25, 0.3) is 0 Å². The van der Waals surface area contributed by atoms with Crippen LogP contribution in [0.1, 0.15) is 23.2 Å². The number of carbonyl (C=O) groups is 1. The Labute approximate surface area is 124 Å². The van der Waals surface area contributed by atoms with E-state index in [1.165, 1.54) is 0 Å². The number of nitrogens with zero attached hydrogens (tertiary/aromatic N) is 2. The smallest absolute Gasteiger partial charge is 0.256 e. The fourth-order valence-electron chi connectivity index (χ4n) is 3.01. The molecule has 1 amide bonds. The van der Waals surface area contributed by atoms with Crippen LogP contribution in [0, 0.1) is 0 Å². The van der Waals surface area contributed by atoms with Crippen LogP contribution in [-0.4, -0.2) is 55.7 Å². The number of nitrogen functional groups attached to an aromatic ring is 1. The monoisotopic (exact) mass is 291 g/mol. The van der Waals surface area contributed by atoms with Crippen molar-refractivity contribution in [3.63, 3.8) is 0 Å². The standard InChI is InChI=1S/C15H21N3O3/c1-17(2)8-10-4-3-5-18(10)15(19)11-6-13-14(7-12(11)16)21-9-20-13/h6-7,10H,3-5,8-9,16H2,1-2H3. The van der Waals surface area contributed by atoms with Gasteiger partial charge in [0.2, 0.25) is 6.79 Å². The molecule has 3 rings (SSSR count). The lowest BCUT2D eigenvalue weighted by Crippen LogP contribution is -2.41. The predicted molar refractivity (Wildman–Crippen MR) is 79.6 cm³/mol. The number of anilines is 1. The van der Waals surface area contributed by atoms with Crippen molar-refractivity contribution in [3.05, 3.63) is 17.7 Å². The van der Waals surface area contributed by atoms with Crippen molar-refractivity contribution in [1.29, 1.82) is 0 Å². The minimum Gasteiger partial charge on any atom is -0.454 e. The maximum absolute atomic E-state index is 12.8. The second-order valence-corrected chi connectivity index (χ2v) is 5.85. The van der Waals surface area contributed by atoms with Crippen LogP contribution in [0.4, 0.5) is 5.69 Å². The molecule has 1 unspecified atom stereocenters. The third-order valence-corrected chi connectivity index (χ3v) is 3.99. The van der Waals surface area contributed by atoms with E-state index < -0.39 is 0 Å². The Balaban J connectivity index is 1.85. The van der Waals surface area contributed by atoms with Gasteiger partial charge in [-0.15, -0.1) is 0 Å².